The van der Waals surface area contributed by atoms with Crippen molar-refractivity contribution >= 4 is 5.97 Å². The van der Waals surface area contributed by atoms with E-state index in [2.05, 4.69) is 0 Å². The SMILES string of the molecule is C[C@H](C(=O)O)[C@H](c1ccc2c(c1)OC(C1CN([C@H](C)c3cc(C(F)(F)F)ccc3C(F)(F)F)C1)CO2)C1CC1. The molecule has 2 fully saturated rings. The quantitative estimate of drug-likeness (QED) is 0.381. The molecule has 0 amide bonds. The molecule has 1 aliphatic carbocycles. The second-order valence-corrected chi connectivity index (χ2v) is 10.9. The van der Waals surface area contributed by atoms with Crippen LogP contribution in [0.15, 0.2) is 36.4 Å². The molecule has 5 nitrogen and oxygen atoms in total. The third-order valence-electron chi connectivity index (χ3n) is 8.24. The molecular weight excluding hydrogens is 528 g/mol. The van der Waals surface area contributed by atoms with Crippen LogP contribution in [0, 0.1) is 17.8 Å². The Bertz CT molecular complexity index is 1240. The highest BCUT2D eigenvalue weighted by atomic mass is 19.4. The average molecular weight is 558 g/mol. The van der Waals surface area contributed by atoms with Gasteiger partial charge in [-0.2, -0.15) is 26.3 Å². The molecule has 39 heavy (non-hydrogen) atoms. The predicted octanol–water partition coefficient (Wildman–Crippen LogP) is 6.77. The van der Waals surface area contributed by atoms with Gasteiger partial charge < -0.3 is 14.6 Å². The number of alkyl halides is 6. The number of hydrogen-bond donors (Lipinski definition) is 1. The fraction of sp³-hybridized carbons (Fsp3) is 0.536. The number of ether oxygens (including phenoxy) is 2. The maximum Gasteiger partial charge on any atom is 0.416 e. The molecule has 5 rings (SSSR count). The van der Waals surface area contributed by atoms with Crippen molar-refractivity contribution in [2.75, 3.05) is 19.7 Å². The van der Waals surface area contributed by atoms with Crippen LogP contribution in [0.4, 0.5) is 26.3 Å². The van der Waals surface area contributed by atoms with E-state index in [1.54, 1.807) is 17.9 Å². The predicted molar refractivity (Wildman–Crippen MR) is 129 cm³/mol. The van der Waals surface area contributed by atoms with Crippen LogP contribution in [0.3, 0.4) is 0 Å². The van der Waals surface area contributed by atoms with E-state index < -0.39 is 53.1 Å². The van der Waals surface area contributed by atoms with E-state index in [9.17, 15) is 36.2 Å². The van der Waals surface area contributed by atoms with Gasteiger partial charge in [0.15, 0.2) is 11.5 Å². The van der Waals surface area contributed by atoms with Crippen molar-refractivity contribution in [3.8, 4) is 11.5 Å². The summed E-state index contributed by atoms with van der Waals surface area (Å²) >= 11 is 0. The molecule has 2 aromatic rings. The Morgan fingerprint density at radius 3 is 2.26 bits per heavy atom. The molecule has 212 valence electrons. The molecule has 11 heteroatoms. The summed E-state index contributed by atoms with van der Waals surface area (Å²) in [7, 11) is 0. The van der Waals surface area contributed by atoms with Crippen molar-refractivity contribution in [2.24, 2.45) is 17.8 Å². The van der Waals surface area contributed by atoms with Gasteiger partial charge in [-0.15, -0.1) is 0 Å². The van der Waals surface area contributed by atoms with Crippen LogP contribution < -0.4 is 9.47 Å². The molecule has 1 saturated heterocycles. The Kier molecular flexibility index (Phi) is 7.01. The summed E-state index contributed by atoms with van der Waals surface area (Å²) in [6.45, 7) is 4.07. The first-order valence-corrected chi connectivity index (χ1v) is 12.9. The van der Waals surface area contributed by atoms with Crippen LogP contribution in [0.5, 0.6) is 11.5 Å². The van der Waals surface area contributed by atoms with Crippen molar-refractivity contribution in [3.05, 3.63) is 58.7 Å². The molecule has 2 heterocycles. The molecule has 0 spiro atoms. The number of fused-ring (bicyclic) bond motifs is 1. The third-order valence-corrected chi connectivity index (χ3v) is 8.24. The van der Waals surface area contributed by atoms with Crippen molar-refractivity contribution < 1.29 is 45.7 Å². The monoisotopic (exact) mass is 557 g/mol. The van der Waals surface area contributed by atoms with Gasteiger partial charge in [-0.05, 0) is 73.1 Å². The van der Waals surface area contributed by atoms with Crippen LogP contribution in [0.1, 0.15) is 60.9 Å². The molecule has 1 saturated carbocycles. The number of likely N-dealkylation sites (tertiary alicyclic amines) is 1. The highest BCUT2D eigenvalue weighted by molar-refractivity contribution is 5.71. The fourth-order valence-electron chi connectivity index (χ4n) is 5.76. The largest absolute Gasteiger partial charge is 0.486 e. The molecule has 2 aliphatic heterocycles. The van der Waals surface area contributed by atoms with Crippen LogP contribution in [-0.4, -0.2) is 41.8 Å². The van der Waals surface area contributed by atoms with Gasteiger partial charge in [0.05, 0.1) is 17.0 Å². The fourth-order valence-corrected chi connectivity index (χ4v) is 5.76. The van der Waals surface area contributed by atoms with Gasteiger partial charge in [0.1, 0.15) is 12.7 Å². The van der Waals surface area contributed by atoms with Crippen LogP contribution >= 0.6 is 0 Å². The Hall–Kier alpha value is -2.95. The number of nitrogens with zero attached hydrogens (tertiary/aromatic N) is 1. The normalized spacial score (nSPS) is 22.6. The van der Waals surface area contributed by atoms with E-state index in [0.717, 1.165) is 18.4 Å². The average Bonchev–Trinajstić information content (AvgIpc) is 3.66. The van der Waals surface area contributed by atoms with Gasteiger partial charge in [0.2, 0.25) is 0 Å². The molecular formula is C28H29F6NO4. The Labute approximate surface area is 221 Å². The molecule has 1 N–H and O–H groups in total. The lowest BCUT2D eigenvalue weighted by Gasteiger charge is -2.47. The van der Waals surface area contributed by atoms with Gasteiger partial charge in [-0.1, -0.05) is 13.0 Å². The summed E-state index contributed by atoms with van der Waals surface area (Å²) in [4.78, 5) is 13.4. The number of carbonyl (C=O) groups is 1. The summed E-state index contributed by atoms with van der Waals surface area (Å²) in [5.41, 5.74) is -1.74. The first-order valence-electron chi connectivity index (χ1n) is 12.9. The summed E-state index contributed by atoms with van der Waals surface area (Å²) in [5.74, 6) is -0.332. The van der Waals surface area contributed by atoms with E-state index in [4.69, 9.17) is 9.47 Å². The Balaban J connectivity index is 1.29. The minimum absolute atomic E-state index is 0.0958. The smallest absolute Gasteiger partial charge is 0.416 e. The summed E-state index contributed by atoms with van der Waals surface area (Å²) in [6, 6.07) is 6.12. The number of hydrogen-bond acceptors (Lipinski definition) is 4. The third kappa shape index (κ3) is 5.55. The lowest BCUT2D eigenvalue weighted by Crippen LogP contribution is -2.56. The summed E-state index contributed by atoms with van der Waals surface area (Å²) < 4.78 is 92.6. The zero-order valence-corrected chi connectivity index (χ0v) is 21.4. The highest BCUT2D eigenvalue weighted by Crippen LogP contribution is 2.49. The minimum atomic E-state index is -4.78. The van der Waals surface area contributed by atoms with E-state index in [0.29, 0.717) is 48.7 Å². The Morgan fingerprint density at radius 2 is 1.67 bits per heavy atom. The molecule has 0 aromatic heterocycles. The van der Waals surface area contributed by atoms with Gasteiger partial charge in [0.25, 0.3) is 0 Å². The van der Waals surface area contributed by atoms with Crippen LogP contribution in [-0.2, 0) is 17.1 Å². The van der Waals surface area contributed by atoms with Crippen molar-refractivity contribution in [3.63, 3.8) is 0 Å². The number of rotatable bonds is 7. The van der Waals surface area contributed by atoms with Gasteiger partial charge >= 0.3 is 18.3 Å². The second-order valence-electron chi connectivity index (χ2n) is 10.9. The van der Waals surface area contributed by atoms with E-state index in [-0.39, 0.29) is 18.4 Å². The minimum Gasteiger partial charge on any atom is -0.486 e. The number of halogens is 6. The molecule has 1 unspecified atom stereocenters. The first kappa shape index (κ1) is 27.6. The second kappa shape index (κ2) is 9.91. The number of carboxylic acids is 1. The first-order chi connectivity index (χ1) is 18.2. The number of benzene rings is 2. The van der Waals surface area contributed by atoms with E-state index in [1.807, 2.05) is 12.1 Å². The summed E-state index contributed by atoms with van der Waals surface area (Å²) in [6.07, 6.45) is -7.99. The maximum absolute atomic E-state index is 13.6. The lowest BCUT2D eigenvalue weighted by molar-refractivity contribution is -0.142. The molecule has 0 radical (unpaired) electrons. The molecule has 3 aliphatic rings. The Morgan fingerprint density at radius 1 is 0.974 bits per heavy atom. The molecule has 2 aromatic carbocycles. The van der Waals surface area contributed by atoms with Crippen molar-refractivity contribution in [1.29, 1.82) is 0 Å². The zero-order valence-electron chi connectivity index (χ0n) is 21.4. The molecule has 0 bridgehead atoms. The van der Waals surface area contributed by atoms with Gasteiger partial charge in [-0.3, -0.25) is 9.69 Å². The standard InChI is InChI=1S/C28H29F6NO4/c1-14(26(36)37)25(16-3-4-16)17-5-8-22-23(9-17)39-24(13-38-22)18-11-35(12-18)15(2)20-10-19(27(29,30)31)6-7-21(20)28(32,33)34/h5-10,14-16,18,24-25H,3-4,11-13H2,1-2H3,(H,36,37)/t14-,15+,24?,25-/m0/s1. The zero-order chi connectivity index (χ0) is 28.3. The maximum atomic E-state index is 13.6. The van der Waals surface area contributed by atoms with Gasteiger partial charge in [0, 0.05) is 25.0 Å². The highest BCUT2D eigenvalue weighted by Gasteiger charge is 2.44. The van der Waals surface area contributed by atoms with E-state index >= 15 is 0 Å². The van der Waals surface area contributed by atoms with Gasteiger partial charge in [-0.25, -0.2) is 0 Å². The van der Waals surface area contributed by atoms with E-state index in [1.165, 1.54) is 6.92 Å². The topological polar surface area (TPSA) is 59.0 Å². The number of aliphatic carboxylic acids is 1. The number of carboxylic acid groups (broad SMARTS) is 1. The lowest BCUT2D eigenvalue weighted by atomic mass is 9.83. The van der Waals surface area contributed by atoms with Crippen molar-refractivity contribution in [1.82, 2.24) is 4.90 Å². The summed E-state index contributed by atoms with van der Waals surface area (Å²) in [5, 5.41) is 9.57. The van der Waals surface area contributed by atoms with Crippen LogP contribution in [0.2, 0.25) is 0 Å². The molecule has 4 atom stereocenters. The van der Waals surface area contributed by atoms with Crippen LogP contribution in [0.25, 0.3) is 0 Å². The van der Waals surface area contributed by atoms with Crippen molar-refractivity contribution in [2.45, 2.75) is 57.1 Å².